The van der Waals surface area contributed by atoms with E-state index in [0.717, 1.165) is 34.4 Å². The third-order valence-electron chi connectivity index (χ3n) is 4.39. The van der Waals surface area contributed by atoms with Gasteiger partial charge in [0.05, 0.1) is 5.69 Å². The van der Waals surface area contributed by atoms with Crippen molar-refractivity contribution in [3.05, 3.63) is 35.7 Å². The molecule has 0 saturated heterocycles. The second-order valence-corrected chi connectivity index (χ2v) is 5.90. The van der Waals surface area contributed by atoms with Crippen LogP contribution < -0.4 is 10.6 Å². The molecule has 0 atom stereocenters. The van der Waals surface area contributed by atoms with Crippen molar-refractivity contribution in [2.75, 3.05) is 24.2 Å². The van der Waals surface area contributed by atoms with Gasteiger partial charge in [-0.3, -0.25) is 0 Å². The fraction of sp³-hybridized carbons (Fsp3) is 0.278. The van der Waals surface area contributed by atoms with Crippen LogP contribution in [0.15, 0.2) is 24.5 Å². The molecule has 0 radical (unpaired) electrons. The Bertz CT molecular complexity index is 923. The Morgan fingerprint density at radius 1 is 1.21 bits per heavy atom. The van der Waals surface area contributed by atoms with Crippen LogP contribution in [0.4, 0.5) is 11.6 Å². The summed E-state index contributed by atoms with van der Waals surface area (Å²) < 4.78 is 0. The van der Waals surface area contributed by atoms with Gasteiger partial charge in [-0.25, -0.2) is 15.0 Å². The number of phenols is 1. The summed E-state index contributed by atoms with van der Waals surface area (Å²) in [5.41, 5.74) is 10.1. The molecule has 0 bridgehead atoms. The molecule has 2 aromatic heterocycles. The van der Waals surface area contributed by atoms with Gasteiger partial charge in [0, 0.05) is 30.1 Å². The molecule has 0 saturated carbocycles. The number of nitrogens with two attached hydrogens (primary N) is 1. The number of nitrogens with zero attached hydrogens (tertiary/aromatic N) is 4. The van der Waals surface area contributed by atoms with Crippen LogP contribution in [0.25, 0.3) is 22.2 Å². The normalized spacial score (nSPS) is 11.0. The number of hydrogen-bond donors (Lipinski definition) is 2. The molecular formula is C18H21N5O. The molecule has 3 aromatic rings. The smallest absolute Gasteiger partial charge is 0.134 e. The van der Waals surface area contributed by atoms with E-state index in [0.29, 0.717) is 17.0 Å². The van der Waals surface area contributed by atoms with Crippen molar-refractivity contribution < 1.29 is 5.11 Å². The van der Waals surface area contributed by atoms with E-state index >= 15 is 0 Å². The molecule has 1 aromatic carbocycles. The van der Waals surface area contributed by atoms with Crippen LogP contribution in [-0.4, -0.2) is 33.7 Å². The standard InChI is InChI=1S/C18H21N5O/c1-5-23(4)14-8-12-16(20-9-21-18(12)19)17(22-14)15-10(2)6-7-13(24)11(15)3/h6-9,24H,5H2,1-4H3,(H2,19,20,21). The van der Waals surface area contributed by atoms with E-state index in [1.807, 2.05) is 37.9 Å². The zero-order chi connectivity index (χ0) is 17.4. The van der Waals surface area contributed by atoms with Gasteiger partial charge in [-0.05, 0) is 38.5 Å². The Kier molecular flexibility index (Phi) is 3.97. The van der Waals surface area contributed by atoms with Crippen molar-refractivity contribution in [1.82, 2.24) is 15.0 Å². The Morgan fingerprint density at radius 2 is 1.96 bits per heavy atom. The van der Waals surface area contributed by atoms with Gasteiger partial charge in [0.25, 0.3) is 0 Å². The Hall–Kier alpha value is -2.89. The van der Waals surface area contributed by atoms with Crippen molar-refractivity contribution in [2.24, 2.45) is 0 Å². The molecule has 124 valence electrons. The number of nitrogen functional groups attached to an aromatic ring is 1. The first kappa shape index (κ1) is 16.0. The summed E-state index contributed by atoms with van der Waals surface area (Å²) in [5.74, 6) is 1.45. The molecule has 0 unspecified atom stereocenters. The monoisotopic (exact) mass is 323 g/mol. The van der Waals surface area contributed by atoms with Gasteiger partial charge in [-0.1, -0.05) is 6.07 Å². The van der Waals surface area contributed by atoms with Gasteiger partial charge in [-0.2, -0.15) is 0 Å². The zero-order valence-electron chi connectivity index (χ0n) is 14.3. The van der Waals surface area contributed by atoms with Crippen molar-refractivity contribution >= 4 is 22.5 Å². The number of pyridine rings is 1. The number of aromatic nitrogens is 3. The highest BCUT2D eigenvalue weighted by atomic mass is 16.3. The lowest BCUT2D eigenvalue weighted by Gasteiger charge is -2.19. The molecule has 3 N–H and O–H groups in total. The highest BCUT2D eigenvalue weighted by Gasteiger charge is 2.18. The third-order valence-corrected chi connectivity index (χ3v) is 4.39. The fourth-order valence-electron chi connectivity index (χ4n) is 2.80. The minimum atomic E-state index is 0.238. The van der Waals surface area contributed by atoms with Gasteiger partial charge in [-0.15, -0.1) is 0 Å². The second kappa shape index (κ2) is 5.96. The van der Waals surface area contributed by atoms with Crippen LogP contribution in [-0.2, 0) is 0 Å². The molecule has 0 aliphatic carbocycles. The predicted octanol–water partition coefficient (Wildman–Crippen LogP) is 3.05. The first-order valence-corrected chi connectivity index (χ1v) is 7.86. The summed E-state index contributed by atoms with van der Waals surface area (Å²) in [5, 5.41) is 10.9. The van der Waals surface area contributed by atoms with Gasteiger partial charge in [0.1, 0.15) is 29.2 Å². The Morgan fingerprint density at radius 3 is 2.67 bits per heavy atom. The number of aryl methyl sites for hydroxylation is 1. The maximum absolute atomic E-state index is 10.1. The molecule has 2 heterocycles. The molecule has 0 aliphatic heterocycles. The maximum Gasteiger partial charge on any atom is 0.134 e. The minimum absolute atomic E-state index is 0.238. The summed E-state index contributed by atoms with van der Waals surface area (Å²) in [7, 11) is 1.97. The predicted molar refractivity (Wildman–Crippen MR) is 97.3 cm³/mol. The van der Waals surface area contributed by atoms with Crippen LogP contribution in [0.3, 0.4) is 0 Å². The topological polar surface area (TPSA) is 88.2 Å². The maximum atomic E-state index is 10.1. The average molecular weight is 323 g/mol. The van der Waals surface area contributed by atoms with Gasteiger partial charge in [0.2, 0.25) is 0 Å². The number of phenolic OH excluding ortho intramolecular Hbond substituents is 1. The molecule has 3 rings (SSSR count). The average Bonchev–Trinajstić information content (AvgIpc) is 2.58. The van der Waals surface area contributed by atoms with Gasteiger partial charge < -0.3 is 15.7 Å². The van der Waals surface area contributed by atoms with Gasteiger partial charge >= 0.3 is 0 Å². The van der Waals surface area contributed by atoms with Crippen molar-refractivity contribution in [1.29, 1.82) is 0 Å². The lowest BCUT2D eigenvalue weighted by atomic mass is 9.97. The largest absolute Gasteiger partial charge is 0.508 e. The molecule has 6 nitrogen and oxygen atoms in total. The summed E-state index contributed by atoms with van der Waals surface area (Å²) in [6, 6.07) is 5.48. The number of rotatable bonds is 3. The number of anilines is 2. The first-order chi connectivity index (χ1) is 11.4. The zero-order valence-corrected chi connectivity index (χ0v) is 14.3. The van der Waals surface area contributed by atoms with E-state index in [9.17, 15) is 5.11 Å². The lowest BCUT2D eigenvalue weighted by Crippen LogP contribution is -2.17. The van der Waals surface area contributed by atoms with Gasteiger partial charge in [0.15, 0.2) is 0 Å². The molecule has 0 amide bonds. The fourth-order valence-corrected chi connectivity index (χ4v) is 2.80. The lowest BCUT2D eigenvalue weighted by molar-refractivity contribution is 0.471. The van der Waals surface area contributed by atoms with E-state index in [1.54, 1.807) is 6.07 Å². The van der Waals surface area contributed by atoms with E-state index in [-0.39, 0.29) is 5.75 Å². The van der Waals surface area contributed by atoms with E-state index in [1.165, 1.54) is 6.33 Å². The molecular weight excluding hydrogens is 302 g/mol. The SMILES string of the molecule is CCN(C)c1cc2c(N)ncnc2c(-c2c(C)ccc(O)c2C)n1. The molecule has 6 heteroatoms. The van der Waals surface area contributed by atoms with Crippen LogP contribution in [0.1, 0.15) is 18.1 Å². The molecule has 0 aliphatic rings. The highest BCUT2D eigenvalue weighted by Crippen LogP contribution is 2.37. The van der Waals surface area contributed by atoms with Crippen molar-refractivity contribution in [2.45, 2.75) is 20.8 Å². The quantitative estimate of drug-likeness (QED) is 0.770. The minimum Gasteiger partial charge on any atom is -0.508 e. The van der Waals surface area contributed by atoms with Crippen LogP contribution >= 0.6 is 0 Å². The van der Waals surface area contributed by atoms with Crippen LogP contribution in [0.2, 0.25) is 0 Å². The van der Waals surface area contributed by atoms with E-state index in [2.05, 4.69) is 16.9 Å². The molecule has 24 heavy (non-hydrogen) atoms. The molecule has 0 fully saturated rings. The third kappa shape index (κ3) is 2.50. The summed E-state index contributed by atoms with van der Waals surface area (Å²) in [6.45, 7) is 6.74. The van der Waals surface area contributed by atoms with E-state index in [4.69, 9.17) is 10.7 Å². The summed E-state index contributed by atoms with van der Waals surface area (Å²) in [6.07, 6.45) is 1.44. The Balaban J connectivity index is 2.43. The van der Waals surface area contributed by atoms with Crippen LogP contribution in [0.5, 0.6) is 5.75 Å². The summed E-state index contributed by atoms with van der Waals surface area (Å²) >= 11 is 0. The van der Waals surface area contributed by atoms with Crippen molar-refractivity contribution in [3.8, 4) is 17.0 Å². The summed E-state index contributed by atoms with van der Waals surface area (Å²) in [4.78, 5) is 15.3. The van der Waals surface area contributed by atoms with Crippen molar-refractivity contribution in [3.63, 3.8) is 0 Å². The number of benzene rings is 1. The first-order valence-electron chi connectivity index (χ1n) is 7.86. The Labute approximate surface area is 141 Å². The number of fused-ring (bicyclic) bond motifs is 1. The number of hydrogen-bond acceptors (Lipinski definition) is 6. The van der Waals surface area contributed by atoms with E-state index < -0.39 is 0 Å². The molecule has 0 spiro atoms. The van der Waals surface area contributed by atoms with Crippen LogP contribution in [0, 0.1) is 13.8 Å². The number of aromatic hydroxyl groups is 1. The second-order valence-electron chi connectivity index (χ2n) is 5.90. The highest BCUT2D eigenvalue weighted by molar-refractivity contribution is 5.99.